The van der Waals surface area contributed by atoms with Crippen molar-refractivity contribution in [3.8, 4) is 16.9 Å². The van der Waals surface area contributed by atoms with Gasteiger partial charge in [0.05, 0.1) is 18.4 Å². The molecule has 2 aliphatic rings. The van der Waals surface area contributed by atoms with Crippen molar-refractivity contribution < 1.29 is 9.53 Å². The van der Waals surface area contributed by atoms with Crippen molar-refractivity contribution in [3.63, 3.8) is 0 Å². The average Bonchev–Trinajstić information content (AvgIpc) is 2.91. The van der Waals surface area contributed by atoms with Gasteiger partial charge in [-0.25, -0.2) is 4.79 Å². The summed E-state index contributed by atoms with van der Waals surface area (Å²) in [5, 5.41) is 4.38. The van der Waals surface area contributed by atoms with Crippen LogP contribution in [-0.4, -0.2) is 27.4 Å². The molecule has 6 nitrogen and oxygen atoms in total. The van der Waals surface area contributed by atoms with E-state index in [1.54, 1.807) is 12.4 Å². The molecule has 2 heterocycles. The molecular formula is C18H19N3O3. The van der Waals surface area contributed by atoms with Crippen LogP contribution < -0.4 is 5.56 Å². The minimum atomic E-state index is -0.501. The fourth-order valence-electron chi connectivity index (χ4n) is 2.74. The molecule has 0 radical (unpaired) electrons. The Hall–Kier alpha value is -2.89. The molecule has 0 saturated carbocycles. The van der Waals surface area contributed by atoms with Crippen molar-refractivity contribution >= 4 is 5.97 Å². The maximum absolute atomic E-state index is 12.8. The van der Waals surface area contributed by atoms with Crippen LogP contribution in [0.25, 0.3) is 16.9 Å². The van der Waals surface area contributed by atoms with E-state index in [0.717, 1.165) is 12.0 Å². The second-order valence-corrected chi connectivity index (χ2v) is 5.72. The lowest BCUT2D eigenvalue weighted by molar-refractivity contribution is 0.0600. The van der Waals surface area contributed by atoms with E-state index < -0.39 is 5.97 Å². The Labute approximate surface area is 139 Å². The summed E-state index contributed by atoms with van der Waals surface area (Å²) in [6, 6.07) is 7.52. The topological polar surface area (TPSA) is 66.1 Å². The lowest BCUT2D eigenvalue weighted by Gasteiger charge is -2.10. The van der Waals surface area contributed by atoms with Crippen molar-refractivity contribution in [1.82, 2.24) is 14.3 Å². The summed E-state index contributed by atoms with van der Waals surface area (Å²) in [6.45, 7) is 4.69. The number of carbonyl (C=O) groups excluding carboxylic acids is 1. The van der Waals surface area contributed by atoms with Crippen LogP contribution >= 0.6 is 0 Å². The Morgan fingerprint density at radius 2 is 2.08 bits per heavy atom. The molecular weight excluding hydrogens is 306 g/mol. The van der Waals surface area contributed by atoms with E-state index in [2.05, 4.69) is 5.10 Å². The Morgan fingerprint density at radius 1 is 1.29 bits per heavy atom. The van der Waals surface area contributed by atoms with Gasteiger partial charge >= 0.3 is 5.97 Å². The van der Waals surface area contributed by atoms with E-state index in [9.17, 15) is 9.59 Å². The van der Waals surface area contributed by atoms with Crippen LogP contribution in [0.3, 0.4) is 0 Å². The number of pyridine rings is 1. The van der Waals surface area contributed by atoms with Gasteiger partial charge in [0.2, 0.25) is 0 Å². The summed E-state index contributed by atoms with van der Waals surface area (Å²) in [5.74, 6) is -0.501. The number of esters is 1. The number of nitrogens with zero attached hydrogens (tertiary/aromatic N) is 3. The Kier molecular flexibility index (Phi) is 4.20. The molecule has 124 valence electrons. The predicted molar refractivity (Wildman–Crippen MR) is 90.8 cm³/mol. The van der Waals surface area contributed by atoms with Gasteiger partial charge in [-0.2, -0.15) is 9.78 Å². The van der Waals surface area contributed by atoms with Gasteiger partial charge in [-0.3, -0.25) is 4.79 Å². The van der Waals surface area contributed by atoms with Crippen LogP contribution in [0.15, 0.2) is 41.5 Å². The van der Waals surface area contributed by atoms with E-state index in [-0.39, 0.29) is 5.56 Å². The molecule has 3 rings (SSSR count). The number of hydrogen-bond donors (Lipinski definition) is 0. The van der Waals surface area contributed by atoms with E-state index in [1.807, 2.05) is 42.7 Å². The van der Waals surface area contributed by atoms with Gasteiger partial charge in [-0.05, 0) is 31.0 Å². The molecule has 0 aromatic heterocycles. The first kappa shape index (κ1) is 16.0. The second kappa shape index (κ2) is 6.31. The summed E-state index contributed by atoms with van der Waals surface area (Å²) in [6.07, 6.45) is 4.31. The van der Waals surface area contributed by atoms with E-state index >= 15 is 0 Å². The molecule has 0 unspecified atom stereocenters. The SMILES string of the molecule is CCCn1cc(C(=O)OC)c2nn(-c3cccc(C)c3)c(=O)c-2c1. The van der Waals surface area contributed by atoms with Crippen LogP contribution in [0, 0.1) is 6.92 Å². The monoisotopic (exact) mass is 325 g/mol. The molecule has 0 aliphatic carbocycles. The molecule has 1 aromatic rings. The van der Waals surface area contributed by atoms with Crippen LogP contribution in [0.4, 0.5) is 0 Å². The molecule has 0 fully saturated rings. The smallest absolute Gasteiger partial charge is 0.341 e. The van der Waals surface area contributed by atoms with Gasteiger partial charge in [0, 0.05) is 18.9 Å². The number of methoxy groups -OCH3 is 1. The maximum Gasteiger partial charge on any atom is 0.341 e. The summed E-state index contributed by atoms with van der Waals surface area (Å²) < 4.78 is 8.01. The lowest BCUT2D eigenvalue weighted by atomic mass is 10.1. The molecule has 0 spiro atoms. The zero-order chi connectivity index (χ0) is 17.3. The van der Waals surface area contributed by atoms with Gasteiger partial charge in [-0.15, -0.1) is 0 Å². The number of benzene rings is 1. The molecule has 24 heavy (non-hydrogen) atoms. The highest BCUT2D eigenvalue weighted by Gasteiger charge is 2.24. The summed E-state index contributed by atoms with van der Waals surface area (Å²) >= 11 is 0. The number of hydrogen-bond acceptors (Lipinski definition) is 4. The minimum Gasteiger partial charge on any atom is -0.465 e. The lowest BCUT2D eigenvalue weighted by Crippen LogP contribution is -2.15. The third-order valence-corrected chi connectivity index (χ3v) is 3.86. The summed E-state index contributed by atoms with van der Waals surface area (Å²) in [4.78, 5) is 24.9. The van der Waals surface area contributed by atoms with E-state index in [4.69, 9.17) is 4.74 Å². The minimum absolute atomic E-state index is 0.244. The fraction of sp³-hybridized carbons (Fsp3) is 0.278. The first-order valence-electron chi connectivity index (χ1n) is 7.83. The largest absolute Gasteiger partial charge is 0.465 e. The molecule has 1 aromatic carbocycles. The molecule has 0 saturated heterocycles. The van der Waals surface area contributed by atoms with Gasteiger partial charge < -0.3 is 9.30 Å². The molecule has 0 N–H and O–H groups in total. The van der Waals surface area contributed by atoms with Crippen molar-refractivity contribution in [3.05, 3.63) is 58.1 Å². The molecule has 0 atom stereocenters. The third-order valence-electron chi connectivity index (χ3n) is 3.86. The van der Waals surface area contributed by atoms with Crippen molar-refractivity contribution in [2.45, 2.75) is 26.8 Å². The Balaban J connectivity index is 2.27. The third kappa shape index (κ3) is 2.71. The number of aryl methyl sites for hydroxylation is 2. The van der Waals surface area contributed by atoms with Crippen LogP contribution in [0.5, 0.6) is 0 Å². The van der Waals surface area contributed by atoms with E-state index in [1.165, 1.54) is 11.8 Å². The Morgan fingerprint density at radius 3 is 2.75 bits per heavy atom. The molecule has 6 heteroatoms. The summed E-state index contributed by atoms with van der Waals surface area (Å²) in [7, 11) is 1.32. The number of carbonyl (C=O) groups is 1. The van der Waals surface area contributed by atoms with Gasteiger partial charge in [0.25, 0.3) is 5.56 Å². The molecule has 2 aliphatic heterocycles. The highest BCUT2D eigenvalue weighted by atomic mass is 16.5. The normalized spacial score (nSPS) is 11.0. The zero-order valence-electron chi connectivity index (χ0n) is 13.9. The van der Waals surface area contributed by atoms with Crippen LogP contribution in [-0.2, 0) is 11.3 Å². The first-order valence-corrected chi connectivity index (χ1v) is 7.83. The van der Waals surface area contributed by atoms with Crippen molar-refractivity contribution in [2.75, 3.05) is 7.11 Å². The fourth-order valence-corrected chi connectivity index (χ4v) is 2.74. The Bertz CT molecular complexity index is 924. The van der Waals surface area contributed by atoms with Crippen molar-refractivity contribution in [1.29, 1.82) is 0 Å². The number of ether oxygens (including phenoxy) is 1. The predicted octanol–water partition coefficient (Wildman–Crippen LogP) is 2.64. The first-order chi connectivity index (χ1) is 11.5. The number of rotatable bonds is 4. The van der Waals surface area contributed by atoms with Crippen LogP contribution in [0.1, 0.15) is 29.3 Å². The average molecular weight is 325 g/mol. The number of fused-ring (bicyclic) bond motifs is 1. The molecule has 0 amide bonds. The maximum atomic E-state index is 12.8. The van der Waals surface area contributed by atoms with Gasteiger partial charge in [0.15, 0.2) is 0 Å². The standard InChI is InChI=1S/C18H19N3O3/c1-4-8-20-10-14-16(15(11-20)18(23)24-3)19-21(17(14)22)13-7-5-6-12(2)9-13/h5-7,9-11H,4,8H2,1-3H3. The highest BCUT2D eigenvalue weighted by Crippen LogP contribution is 2.23. The summed E-state index contributed by atoms with van der Waals surface area (Å²) in [5.41, 5.74) is 2.53. The highest BCUT2D eigenvalue weighted by molar-refractivity contribution is 5.96. The van der Waals surface area contributed by atoms with E-state index in [0.29, 0.717) is 29.1 Å². The molecule has 0 bridgehead atoms. The zero-order valence-corrected chi connectivity index (χ0v) is 13.9. The quantitative estimate of drug-likeness (QED) is 0.692. The number of aromatic nitrogens is 3. The van der Waals surface area contributed by atoms with Crippen molar-refractivity contribution in [2.24, 2.45) is 0 Å². The van der Waals surface area contributed by atoms with Crippen LogP contribution in [0.2, 0.25) is 0 Å². The van der Waals surface area contributed by atoms with Gasteiger partial charge in [0.1, 0.15) is 11.3 Å². The van der Waals surface area contributed by atoms with Gasteiger partial charge in [-0.1, -0.05) is 19.1 Å². The second-order valence-electron chi connectivity index (χ2n) is 5.72.